The Hall–Kier alpha value is -2.05. The molecule has 19 heavy (non-hydrogen) atoms. The maximum Gasteiger partial charge on any atom is 0.136 e. The number of nitrogens with zero attached hydrogens (tertiary/aromatic N) is 3. The summed E-state index contributed by atoms with van der Waals surface area (Å²) in [6, 6.07) is 14.1. The van der Waals surface area contributed by atoms with Gasteiger partial charge in [-0.2, -0.15) is 5.26 Å². The molecule has 0 spiro atoms. The first-order valence-electron chi connectivity index (χ1n) is 6.14. The van der Waals surface area contributed by atoms with Gasteiger partial charge in [-0.25, -0.2) is 4.98 Å². The lowest BCUT2D eigenvalue weighted by Crippen LogP contribution is -2.24. The Morgan fingerprint density at radius 1 is 1.37 bits per heavy atom. The number of aromatic nitrogens is 1. The highest BCUT2D eigenvalue weighted by molar-refractivity contribution is 6.29. The Balaban J connectivity index is 2.12. The first-order valence-corrected chi connectivity index (χ1v) is 6.51. The summed E-state index contributed by atoms with van der Waals surface area (Å²) in [4.78, 5) is 6.49. The van der Waals surface area contributed by atoms with Crippen molar-refractivity contribution in [1.29, 1.82) is 5.26 Å². The summed E-state index contributed by atoms with van der Waals surface area (Å²) < 4.78 is 0. The fraction of sp³-hybridized carbons (Fsp3) is 0.200. The third-order valence-corrected chi connectivity index (χ3v) is 3.56. The Bertz CT molecular complexity index is 675. The average Bonchev–Trinajstić information content (AvgIpc) is 2.73. The second-order valence-corrected chi connectivity index (χ2v) is 5.09. The molecule has 0 radical (unpaired) electrons. The van der Waals surface area contributed by atoms with Crippen LogP contribution in [0.25, 0.3) is 0 Å². The zero-order valence-electron chi connectivity index (χ0n) is 10.5. The zero-order valence-corrected chi connectivity index (χ0v) is 11.2. The summed E-state index contributed by atoms with van der Waals surface area (Å²) >= 11 is 5.99. The lowest BCUT2D eigenvalue weighted by Gasteiger charge is -2.24. The van der Waals surface area contributed by atoms with E-state index < -0.39 is 0 Å². The zero-order chi connectivity index (χ0) is 13.4. The number of pyridine rings is 1. The molecule has 1 aliphatic heterocycles. The number of benzene rings is 1. The number of hydrogen-bond acceptors (Lipinski definition) is 3. The van der Waals surface area contributed by atoms with Crippen LogP contribution in [0.3, 0.4) is 0 Å². The fourth-order valence-corrected chi connectivity index (χ4v) is 2.79. The Morgan fingerprint density at radius 2 is 2.16 bits per heavy atom. The first kappa shape index (κ1) is 12.0. The molecular weight excluding hydrogens is 258 g/mol. The van der Waals surface area contributed by atoms with Gasteiger partial charge >= 0.3 is 0 Å². The number of nitriles is 1. The van der Waals surface area contributed by atoms with Crippen molar-refractivity contribution in [3.63, 3.8) is 0 Å². The van der Waals surface area contributed by atoms with E-state index >= 15 is 0 Å². The van der Waals surface area contributed by atoms with E-state index in [0.29, 0.717) is 16.8 Å². The van der Waals surface area contributed by atoms with Gasteiger partial charge in [0.1, 0.15) is 11.0 Å². The smallest absolute Gasteiger partial charge is 0.136 e. The minimum absolute atomic E-state index is 0.315. The van der Waals surface area contributed by atoms with Gasteiger partial charge in [0.15, 0.2) is 0 Å². The fourth-order valence-electron chi connectivity index (χ4n) is 2.59. The number of halogens is 1. The lowest BCUT2D eigenvalue weighted by molar-refractivity contribution is 0.750. The molecule has 4 heteroatoms. The lowest BCUT2D eigenvalue weighted by atomic mass is 10.1. The molecule has 1 aromatic carbocycles. The molecule has 0 saturated heterocycles. The van der Waals surface area contributed by atoms with Gasteiger partial charge in [0, 0.05) is 11.7 Å². The van der Waals surface area contributed by atoms with Crippen molar-refractivity contribution in [3.8, 4) is 6.07 Å². The summed E-state index contributed by atoms with van der Waals surface area (Å²) in [5.41, 5.74) is 2.98. The van der Waals surface area contributed by atoms with Gasteiger partial charge in [-0.1, -0.05) is 29.8 Å². The molecule has 1 aromatic heterocycles. The number of hydrogen-bond donors (Lipinski definition) is 0. The van der Waals surface area contributed by atoms with Crippen molar-refractivity contribution in [3.05, 3.63) is 52.7 Å². The highest BCUT2D eigenvalue weighted by Crippen LogP contribution is 2.37. The van der Waals surface area contributed by atoms with Gasteiger partial charge in [0.2, 0.25) is 0 Å². The molecule has 2 heterocycles. The third-order valence-electron chi connectivity index (χ3n) is 3.36. The van der Waals surface area contributed by atoms with Crippen LogP contribution < -0.4 is 4.90 Å². The highest BCUT2D eigenvalue weighted by atomic mass is 35.5. The van der Waals surface area contributed by atoms with Crippen molar-refractivity contribution in [2.24, 2.45) is 0 Å². The molecule has 0 fully saturated rings. The van der Waals surface area contributed by atoms with Crippen LogP contribution in [0.4, 0.5) is 11.5 Å². The molecule has 0 bridgehead atoms. The maximum atomic E-state index is 9.04. The predicted molar refractivity (Wildman–Crippen MR) is 75.7 cm³/mol. The number of anilines is 2. The first-order chi connectivity index (χ1) is 9.19. The quantitative estimate of drug-likeness (QED) is 0.741. The normalized spacial score (nSPS) is 17.1. The molecule has 2 aromatic rings. The number of fused-ring (bicyclic) bond motifs is 1. The Labute approximate surface area is 117 Å². The van der Waals surface area contributed by atoms with E-state index in [1.165, 1.54) is 5.56 Å². The van der Waals surface area contributed by atoms with E-state index in [1.807, 2.05) is 12.1 Å². The van der Waals surface area contributed by atoms with Crippen LogP contribution in [0.2, 0.25) is 5.15 Å². The second kappa shape index (κ2) is 4.56. The maximum absolute atomic E-state index is 9.04. The summed E-state index contributed by atoms with van der Waals surface area (Å²) in [6.45, 7) is 2.15. The summed E-state index contributed by atoms with van der Waals surface area (Å²) in [7, 11) is 0. The van der Waals surface area contributed by atoms with E-state index in [0.717, 1.165) is 17.9 Å². The van der Waals surface area contributed by atoms with Crippen LogP contribution in [0.15, 0.2) is 36.4 Å². The summed E-state index contributed by atoms with van der Waals surface area (Å²) in [6.07, 6.45) is 0.978. The Kier molecular flexibility index (Phi) is 2.88. The standard InChI is InChI=1S/C15H12ClN3/c1-10-6-12-4-2-3-5-13(12)19(10)15-8-11(9-17)7-14(16)18-15/h2-5,7-8,10H,6H2,1H3. The molecule has 3 nitrogen and oxygen atoms in total. The van der Waals surface area contributed by atoms with E-state index in [4.69, 9.17) is 16.9 Å². The molecule has 1 unspecified atom stereocenters. The van der Waals surface area contributed by atoms with Crippen molar-refractivity contribution >= 4 is 23.1 Å². The van der Waals surface area contributed by atoms with Crippen LogP contribution in [0.5, 0.6) is 0 Å². The van der Waals surface area contributed by atoms with Gasteiger partial charge in [-0.15, -0.1) is 0 Å². The van der Waals surface area contributed by atoms with Gasteiger partial charge in [-0.05, 0) is 37.1 Å². The van der Waals surface area contributed by atoms with Gasteiger partial charge in [-0.3, -0.25) is 0 Å². The monoisotopic (exact) mass is 269 g/mol. The van der Waals surface area contributed by atoms with E-state index in [9.17, 15) is 0 Å². The van der Waals surface area contributed by atoms with Gasteiger partial charge in [0.25, 0.3) is 0 Å². The van der Waals surface area contributed by atoms with Gasteiger partial charge < -0.3 is 4.90 Å². The van der Waals surface area contributed by atoms with Crippen LogP contribution >= 0.6 is 11.6 Å². The van der Waals surface area contributed by atoms with E-state index in [1.54, 1.807) is 12.1 Å². The molecule has 1 aliphatic rings. The van der Waals surface area contributed by atoms with Crippen LogP contribution in [-0.2, 0) is 6.42 Å². The third kappa shape index (κ3) is 2.05. The molecule has 0 saturated carbocycles. The van der Waals surface area contributed by atoms with E-state index in [-0.39, 0.29) is 0 Å². The summed E-state index contributed by atoms with van der Waals surface area (Å²) in [5, 5.41) is 9.39. The highest BCUT2D eigenvalue weighted by Gasteiger charge is 2.27. The largest absolute Gasteiger partial charge is 0.323 e. The SMILES string of the molecule is CC1Cc2ccccc2N1c1cc(C#N)cc(Cl)n1. The van der Waals surface area contributed by atoms with Crippen LogP contribution in [0, 0.1) is 11.3 Å². The van der Waals surface area contributed by atoms with Gasteiger partial charge in [0.05, 0.1) is 11.6 Å². The van der Waals surface area contributed by atoms with Crippen molar-refractivity contribution in [2.45, 2.75) is 19.4 Å². The van der Waals surface area contributed by atoms with Crippen molar-refractivity contribution in [1.82, 2.24) is 4.98 Å². The second-order valence-electron chi connectivity index (χ2n) is 4.70. The average molecular weight is 270 g/mol. The molecule has 0 aliphatic carbocycles. The number of rotatable bonds is 1. The molecule has 1 atom stereocenters. The minimum atomic E-state index is 0.315. The minimum Gasteiger partial charge on any atom is -0.323 e. The van der Waals surface area contributed by atoms with Crippen LogP contribution in [-0.4, -0.2) is 11.0 Å². The number of para-hydroxylation sites is 1. The molecule has 3 rings (SSSR count). The summed E-state index contributed by atoms with van der Waals surface area (Å²) in [5.74, 6) is 0.738. The molecule has 94 valence electrons. The molecule has 0 N–H and O–H groups in total. The van der Waals surface area contributed by atoms with Crippen molar-refractivity contribution < 1.29 is 0 Å². The van der Waals surface area contributed by atoms with E-state index in [2.05, 4.69) is 35.0 Å². The topological polar surface area (TPSA) is 39.9 Å². The van der Waals surface area contributed by atoms with Crippen molar-refractivity contribution in [2.75, 3.05) is 4.90 Å². The molecule has 0 amide bonds. The Morgan fingerprint density at radius 3 is 2.95 bits per heavy atom. The molecular formula is C15H12ClN3. The van der Waals surface area contributed by atoms with Crippen LogP contribution in [0.1, 0.15) is 18.1 Å². The predicted octanol–water partition coefficient (Wildman–Crippen LogP) is 3.69.